The molecular weight excluding hydrogens is 276 g/mol. The van der Waals surface area contributed by atoms with Gasteiger partial charge in [0.2, 0.25) is 0 Å². The van der Waals surface area contributed by atoms with Crippen LogP contribution in [-0.2, 0) is 4.74 Å². The van der Waals surface area contributed by atoms with Crippen LogP contribution in [0.15, 0.2) is 24.5 Å². The van der Waals surface area contributed by atoms with E-state index >= 15 is 0 Å². The summed E-state index contributed by atoms with van der Waals surface area (Å²) >= 11 is 0. The monoisotopic (exact) mass is 296 g/mol. The highest BCUT2D eigenvalue weighted by atomic mass is 16.5. The predicted octanol–water partition coefficient (Wildman–Crippen LogP) is 2.78. The summed E-state index contributed by atoms with van der Waals surface area (Å²) in [5.74, 6) is 2.36. The van der Waals surface area contributed by atoms with Crippen molar-refractivity contribution in [3.8, 4) is 0 Å². The molecule has 5 rings (SSSR count). The molecule has 3 aliphatic rings. The highest BCUT2D eigenvalue weighted by Crippen LogP contribution is 2.59. The van der Waals surface area contributed by atoms with Gasteiger partial charge in [-0.15, -0.1) is 0 Å². The van der Waals surface area contributed by atoms with Gasteiger partial charge in [0, 0.05) is 31.0 Å². The number of nitrogens with zero attached hydrogens (tertiary/aromatic N) is 3. The molecule has 0 amide bonds. The van der Waals surface area contributed by atoms with Crippen LogP contribution in [0.4, 0.5) is 5.82 Å². The number of aromatic nitrogens is 3. The summed E-state index contributed by atoms with van der Waals surface area (Å²) in [7, 11) is 0. The van der Waals surface area contributed by atoms with Crippen molar-refractivity contribution in [1.82, 2.24) is 15.0 Å². The van der Waals surface area contributed by atoms with Crippen molar-refractivity contribution < 1.29 is 4.74 Å². The number of rotatable bonds is 2. The van der Waals surface area contributed by atoms with Crippen molar-refractivity contribution in [2.45, 2.75) is 43.7 Å². The molecule has 4 atom stereocenters. The maximum absolute atomic E-state index is 6.20. The van der Waals surface area contributed by atoms with Crippen molar-refractivity contribution in [2.75, 3.05) is 11.9 Å². The Hall–Kier alpha value is -1.75. The summed E-state index contributed by atoms with van der Waals surface area (Å²) in [5, 5.41) is 3.65. The van der Waals surface area contributed by atoms with E-state index in [4.69, 9.17) is 4.74 Å². The summed E-state index contributed by atoms with van der Waals surface area (Å²) < 4.78 is 6.20. The molecule has 5 heteroatoms. The normalized spacial score (nSPS) is 36.5. The van der Waals surface area contributed by atoms with Crippen molar-refractivity contribution in [3.05, 3.63) is 24.5 Å². The molecule has 0 radical (unpaired) electrons. The van der Waals surface area contributed by atoms with Crippen LogP contribution >= 0.6 is 0 Å². The Morgan fingerprint density at radius 2 is 2.14 bits per heavy atom. The van der Waals surface area contributed by atoms with E-state index in [1.807, 2.05) is 12.1 Å². The van der Waals surface area contributed by atoms with Gasteiger partial charge in [0.25, 0.3) is 0 Å². The first-order chi connectivity index (χ1) is 10.9. The maximum Gasteiger partial charge on any atom is 0.180 e. The quantitative estimate of drug-likeness (QED) is 0.923. The molecule has 4 unspecified atom stereocenters. The Kier molecular flexibility index (Phi) is 2.68. The number of nitrogens with one attached hydrogen (secondary N) is 1. The molecule has 2 aromatic heterocycles. The average Bonchev–Trinajstić information content (AvgIpc) is 2.81. The molecule has 1 saturated heterocycles. The van der Waals surface area contributed by atoms with Crippen LogP contribution in [0.1, 0.15) is 32.1 Å². The lowest BCUT2D eigenvalue weighted by Crippen LogP contribution is -2.61. The molecule has 114 valence electrons. The number of anilines is 1. The Morgan fingerprint density at radius 1 is 1.18 bits per heavy atom. The van der Waals surface area contributed by atoms with Crippen LogP contribution in [-0.4, -0.2) is 33.2 Å². The van der Waals surface area contributed by atoms with E-state index in [2.05, 4.69) is 20.3 Å². The van der Waals surface area contributed by atoms with Crippen LogP contribution in [0, 0.1) is 11.8 Å². The van der Waals surface area contributed by atoms with Gasteiger partial charge >= 0.3 is 0 Å². The van der Waals surface area contributed by atoms with Crippen molar-refractivity contribution in [1.29, 1.82) is 0 Å². The lowest BCUT2D eigenvalue weighted by atomic mass is 9.53. The van der Waals surface area contributed by atoms with Gasteiger partial charge in [-0.1, -0.05) is 0 Å². The molecule has 0 aromatic carbocycles. The number of pyridine rings is 1. The summed E-state index contributed by atoms with van der Waals surface area (Å²) in [5.41, 5.74) is 1.74. The van der Waals surface area contributed by atoms with E-state index in [9.17, 15) is 0 Å². The zero-order valence-corrected chi connectivity index (χ0v) is 12.5. The Balaban J connectivity index is 1.40. The Bertz CT molecular complexity index is 721. The molecule has 3 fully saturated rings. The van der Waals surface area contributed by atoms with Crippen LogP contribution < -0.4 is 5.32 Å². The summed E-state index contributed by atoms with van der Waals surface area (Å²) in [6.45, 7) is 0.956. The molecule has 1 N–H and O–H groups in total. The Labute approximate surface area is 129 Å². The second-order valence-electron chi connectivity index (χ2n) is 6.87. The number of hydrogen-bond donors (Lipinski definition) is 1. The van der Waals surface area contributed by atoms with Gasteiger partial charge in [0.15, 0.2) is 5.65 Å². The minimum atomic E-state index is 0.187. The van der Waals surface area contributed by atoms with Crippen LogP contribution in [0.5, 0.6) is 0 Å². The Morgan fingerprint density at radius 3 is 3.09 bits per heavy atom. The lowest BCUT2D eigenvalue weighted by Gasteiger charge is -2.57. The van der Waals surface area contributed by atoms with Gasteiger partial charge in [-0.05, 0) is 50.2 Å². The van der Waals surface area contributed by atoms with Gasteiger partial charge in [-0.3, -0.25) is 4.98 Å². The van der Waals surface area contributed by atoms with Gasteiger partial charge in [-0.25, -0.2) is 9.97 Å². The molecule has 1 spiro atoms. The van der Waals surface area contributed by atoms with Crippen molar-refractivity contribution in [3.63, 3.8) is 0 Å². The topological polar surface area (TPSA) is 59.9 Å². The maximum atomic E-state index is 6.20. The molecule has 0 bridgehead atoms. The first kappa shape index (κ1) is 12.8. The molecule has 1 aliphatic heterocycles. The zero-order valence-electron chi connectivity index (χ0n) is 12.5. The third kappa shape index (κ3) is 1.72. The number of fused-ring (bicyclic) bond motifs is 1. The fraction of sp³-hybridized carbons (Fsp3) is 0.588. The fourth-order valence-corrected chi connectivity index (χ4v) is 4.89. The van der Waals surface area contributed by atoms with E-state index < -0.39 is 0 Å². The smallest absolute Gasteiger partial charge is 0.180 e. The zero-order chi connectivity index (χ0) is 14.6. The van der Waals surface area contributed by atoms with Crippen LogP contribution in [0.2, 0.25) is 0 Å². The highest BCUT2D eigenvalue weighted by molar-refractivity contribution is 5.71. The first-order valence-electron chi connectivity index (χ1n) is 8.33. The third-order valence-electron chi connectivity index (χ3n) is 5.93. The summed E-state index contributed by atoms with van der Waals surface area (Å²) in [6, 6.07) is 4.49. The summed E-state index contributed by atoms with van der Waals surface area (Å²) in [6.07, 6.45) is 9.67. The van der Waals surface area contributed by atoms with Crippen molar-refractivity contribution in [2.24, 2.45) is 11.8 Å². The number of hydrogen-bond acceptors (Lipinski definition) is 5. The van der Waals surface area contributed by atoms with Gasteiger partial charge in [-0.2, -0.15) is 0 Å². The fourth-order valence-electron chi connectivity index (χ4n) is 4.89. The molecule has 2 aliphatic carbocycles. The third-order valence-corrected chi connectivity index (χ3v) is 5.93. The molecule has 2 aromatic rings. The highest BCUT2D eigenvalue weighted by Gasteiger charge is 2.62. The van der Waals surface area contributed by atoms with Gasteiger partial charge in [0.1, 0.15) is 11.3 Å². The largest absolute Gasteiger partial charge is 0.374 e. The van der Waals surface area contributed by atoms with E-state index in [-0.39, 0.29) is 5.60 Å². The molecule has 3 heterocycles. The second kappa shape index (κ2) is 4.62. The second-order valence-corrected chi connectivity index (χ2v) is 6.87. The van der Waals surface area contributed by atoms with E-state index in [0.29, 0.717) is 17.6 Å². The number of ether oxygens (including phenoxy) is 1. The average molecular weight is 296 g/mol. The van der Waals surface area contributed by atoms with E-state index in [0.717, 1.165) is 23.9 Å². The lowest BCUT2D eigenvalue weighted by molar-refractivity contribution is -0.160. The predicted molar refractivity (Wildman–Crippen MR) is 83.5 cm³/mol. The van der Waals surface area contributed by atoms with Gasteiger partial charge in [0.05, 0.1) is 5.60 Å². The molecular formula is C17H20N4O. The minimum Gasteiger partial charge on any atom is -0.374 e. The van der Waals surface area contributed by atoms with E-state index in [1.54, 1.807) is 12.4 Å². The SMILES string of the molecule is c1cnc2nc(NC3CCCC45OCCC4CC35)ccc2n1. The van der Waals surface area contributed by atoms with E-state index in [1.165, 1.54) is 32.1 Å². The molecule has 5 nitrogen and oxygen atoms in total. The van der Waals surface area contributed by atoms with Gasteiger partial charge < -0.3 is 10.1 Å². The molecule has 22 heavy (non-hydrogen) atoms. The first-order valence-corrected chi connectivity index (χ1v) is 8.33. The molecule has 2 saturated carbocycles. The summed E-state index contributed by atoms with van der Waals surface area (Å²) in [4.78, 5) is 13.2. The standard InChI is InChI=1S/C17H20N4O/c1-2-13(12-10-11-5-9-22-17(11,12)6-1)20-15-4-3-14-16(21-15)19-8-7-18-14/h3-4,7-8,11-13H,1-2,5-6,9-10H2,(H,19,20,21). The minimum absolute atomic E-state index is 0.187. The van der Waals surface area contributed by atoms with Crippen LogP contribution in [0.3, 0.4) is 0 Å². The van der Waals surface area contributed by atoms with Crippen molar-refractivity contribution >= 4 is 17.0 Å². The van der Waals surface area contributed by atoms with Crippen LogP contribution in [0.25, 0.3) is 11.2 Å².